The molecule has 0 bridgehead atoms. The Bertz CT molecular complexity index is 510. The van der Waals surface area contributed by atoms with Crippen LogP contribution in [0.2, 0.25) is 0 Å². The van der Waals surface area contributed by atoms with Crippen LogP contribution in [0.4, 0.5) is 0 Å². The molecule has 0 heterocycles. The summed E-state index contributed by atoms with van der Waals surface area (Å²) in [7, 11) is 0. The summed E-state index contributed by atoms with van der Waals surface area (Å²) >= 11 is 0. The molecule has 0 spiro atoms. The van der Waals surface area contributed by atoms with Crippen LogP contribution in [0.5, 0.6) is 0 Å². The number of fused-ring (bicyclic) bond motifs is 1. The van der Waals surface area contributed by atoms with Crippen LogP contribution < -0.4 is 0 Å². The highest BCUT2D eigenvalue weighted by Crippen LogP contribution is 2.36. The van der Waals surface area contributed by atoms with Crippen molar-refractivity contribution < 1.29 is 0 Å². The lowest BCUT2D eigenvalue weighted by Gasteiger charge is -2.26. The van der Waals surface area contributed by atoms with Gasteiger partial charge in [-0.15, -0.1) is 0 Å². The molecular formula is C20H30. The summed E-state index contributed by atoms with van der Waals surface area (Å²) in [5, 5.41) is 2.80. The molecule has 0 unspecified atom stereocenters. The van der Waals surface area contributed by atoms with E-state index >= 15 is 0 Å². The van der Waals surface area contributed by atoms with Gasteiger partial charge in [-0.3, -0.25) is 0 Å². The Balaban J connectivity index is 0.000000956. The molecule has 0 aliphatic carbocycles. The average molecular weight is 270 g/mol. The Labute approximate surface area is 125 Å². The van der Waals surface area contributed by atoms with Crippen LogP contribution in [-0.4, -0.2) is 0 Å². The zero-order valence-electron chi connectivity index (χ0n) is 14.5. The molecule has 0 saturated heterocycles. The lowest BCUT2D eigenvalue weighted by molar-refractivity contribution is 0.585. The summed E-state index contributed by atoms with van der Waals surface area (Å²) in [5.41, 5.74) is 3.25. The molecule has 2 aromatic carbocycles. The van der Waals surface area contributed by atoms with Crippen molar-refractivity contribution in [2.75, 3.05) is 0 Å². The Morgan fingerprint density at radius 3 is 1.10 bits per heavy atom. The first kappa shape index (κ1) is 16.8. The second kappa shape index (κ2) is 5.99. The molecule has 0 aromatic heterocycles. The molecule has 0 aliphatic heterocycles. The lowest BCUT2D eigenvalue weighted by Crippen LogP contribution is -2.15. The van der Waals surface area contributed by atoms with Gasteiger partial charge in [0.1, 0.15) is 0 Å². The van der Waals surface area contributed by atoms with Crippen molar-refractivity contribution in [3.05, 3.63) is 47.5 Å². The van der Waals surface area contributed by atoms with E-state index in [0.717, 1.165) is 0 Å². The fourth-order valence-electron chi connectivity index (χ4n) is 2.61. The van der Waals surface area contributed by atoms with Crippen molar-refractivity contribution in [2.24, 2.45) is 0 Å². The van der Waals surface area contributed by atoms with E-state index in [1.807, 2.05) is 13.8 Å². The maximum Gasteiger partial charge on any atom is -0.0126 e. The van der Waals surface area contributed by atoms with Crippen LogP contribution in [0.1, 0.15) is 66.5 Å². The number of rotatable bonds is 0. The smallest absolute Gasteiger partial charge is 0.0126 e. The summed E-state index contributed by atoms with van der Waals surface area (Å²) < 4.78 is 0. The zero-order valence-corrected chi connectivity index (χ0v) is 14.5. The van der Waals surface area contributed by atoms with Crippen molar-refractivity contribution in [3.63, 3.8) is 0 Å². The molecule has 0 heteroatoms. The molecule has 0 atom stereocenters. The van der Waals surface area contributed by atoms with Gasteiger partial charge in [0.25, 0.3) is 0 Å². The average Bonchev–Trinajstić information content (AvgIpc) is 2.37. The van der Waals surface area contributed by atoms with Crippen molar-refractivity contribution >= 4 is 10.8 Å². The summed E-state index contributed by atoms with van der Waals surface area (Å²) in [5.74, 6) is 0. The van der Waals surface area contributed by atoms with Gasteiger partial charge in [0, 0.05) is 0 Å². The highest BCUT2D eigenvalue weighted by molar-refractivity contribution is 5.90. The molecule has 110 valence electrons. The van der Waals surface area contributed by atoms with Gasteiger partial charge < -0.3 is 0 Å². The molecule has 0 amide bonds. The van der Waals surface area contributed by atoms with E-state index in [-0.39, 0.29) is 10.8 Å². The Morgan fingerprint density at radius 2 is 0.850 bits per heavy atom. The number of hydrogen-bond acceptors (Lipinski definition) is 0. The fraction of sp³-hybridized carbons (Fsp3) is 0.500. The second-order valence-corrected chi connectivity index (χ2v) is 7.21. The highest BCUT2D eigenvalue weighted by Gasteiger charge is 2.21. The van der Waals surface area contributed by atoms with Crippen LogP contribution in [0.25, 0.3) is 10.8 Å². The van der Waals surface area contributed by atoms with Crippen molar-refractivity contribution in [1.29, 1.82) is 0 Å². The standard InChI is InChI=1S/C18H24.C2H6/c1-17(2,3)15-11-12-16(18(4,5)6)14-10-8-7-9-13(14)15;1-2/h7-12H,1-6H3;1-2H3. The van der Waals surface area contributed by atoms with E-state index in [1.54, 1.807) is 0 Å². The monoisotopic (exact) mass is 270 g/mol. The maximum absolute atomic E-state index is 2.31. The first-order chi connectivity index (χ1) is 9.21. The third kappa shape index (κ3) is 3.42. The van der Waals surface area contributed by atoms with Gasteiger partial charge in [-0.25, -0.2) is 0 Å². The van der Waals surface area contributed by atoms with Gasteiger partial charge in [-0.05, 0) is 32.7 Å². The Kier molecular flexibility index (Phi) is 5.02. The molecule has 0 nitrogen and oxygen atoms in total. The third-order valence-electron chi connectivity index (χ3n) is 3.54. The van der Waals surface area contributed by atoms with Crippen LogP contribution in [0.3, 0.4) is 0 Å². The SMILES string of the molecule is CC.CC(C)(C)c1ccc(C(C)(C)C)c2ccccc12. The van der Waals surface area contributed by atoms with Gasteiger partial charge in [-0.2, -0.15) is 0 Å². The Hall–Kier alpha value is -1.30. The molecule has 2 rings (SSSR count). The molecule has 0 fully saturated rings. The summed E-state index contributed by atoms with van der Waals surface area (Å²) in [4.78, 5) is 0. The van der Waals surface area contributed by atoms with E-state index in [1.165, 1.54) is 21.9 Å². The van der Waals surface area contributed by atoms with Crippen molar-refractivity contribution in [1.82, 2.24) is 0 Å². The van der Waals surface area contributed by atoms with Crippen molar-refractivity contribution in [3.8, 4) is 0 Å². The molecule has 0 aliphatic rings. The van der Waals surface area contributed by atoms with E-state index in [9.17, 15) is 0 Å². The van der Waals surface area contributed by atoms with Crippen LogP contribution >= 0.6 is 0 Å². The van der Waals surface area contributed by atoms with E-state index in [2.05, 4.69) is 77.9 Å². The van der Waals surface area contributed by atoms with Crippen LogP contribution in [-0.2, 0) is 10.8 Å². The van der Waals surface area contributed by atoms with Crippen LogP contribution in [0, 0.1) is 0 Å². The molecule has 0 saturated carbocycles. The minimum Gasteiger partial charge on any atom is -0.0683 e. The van der Waals surface area contributed by atoms with Gasteiger partial charge in [0.05, 0.1) is 0 Å². The lowest BCUT2D eigenvalue weighted by atomic mass is 9.78. The topological polar surface area (TPSA) is 0 Å². The van der Waals surface area contributed by atoms with Crippen molar-refractivity contribution in [2.45, 2.75) is 66.2 Å². The predicted molar refractivity (Wildman–Crippen MR) is 92.7 cm³/mol. The largest absolute Gasteiger partial charge is 0.0683 e. The first-order valence-electron chi connectivity index (χ1n) is 7.74. The Morgan fingerprint density at radius 1 is 0.550 bits per heavy atom. The van der Waals surface area contributed by atoms with Gasteiger partial charge >= 0.3 is 0 Å². The molecule has 0 radical (unpaired) electrons. The third-order valence-corrected chi connectivity index (χ3v) is 3.54. The van der Waals surface area contributed by atoms with E-state index in [4.69, 9.17) is 0 Å². The predicted octanol–water partition coefficient (Wildman–Crippen LogP) is 6.46. The number of hydrogen-bond donors (Lipinski definition) is 0. The summed E-state index contributed by atoms with van der Waals surface area (Å²) in [6.07, 6.45) is 0. The molecular weight excluding hydrogens is 240 g/mol. The minimum absolute atomic E-state index is 0.190. The number of benzene rings is 2. The van der Waals surface area contributed by atoms with Gasteiger partial charge in [0.2, 0.25) is 0 Å². The zero-order chi connectivity index (χ0) is 15.6. The van der Waals surface area contributed by atoms with Gasteiger partial charge in [-0.1, -0.05) is 91.8 Å². The van der Waals surface area contributed by atoms with Crippen LogP contribution in [0.15, 0.2) is 36.4 Å². The normalized spacial score (nSPS) is 12.0. The molecule has 0 N–H and O–H groups in total. The molecule has 2 aromatic rings. The second-order valence-electron chi connectivity index (χ2n) is 7.21. The molecule has 20 heavy (non-hydrogen) atoms. The summed E-state index contributed by atoms with van der Waals surface area (Å²) in [6, 6.07) is 13.4. The van der Waals surface area contributed by atoms with E-state index < -0.39 is 0 Å². The highest BCUT2D eigenvalue weighted by atomic mass is 14.3. The maximum atomic E-state index is 2.31. The minimum atomic E-state index is 0.190. The first-order valence-corrected chi connectivity index (χ1v) is 7.74. The quantitative estimate of drug-likeness (QED) is 0.515. The summed E-state index contributed by atoms with van der Waals surface area (Å²) in [6.45, 7) is 17.7. The van der Waals surface area contributed by atoms with Gasteiger partial charge in [0.15, 0.2) is 0 Å². The van der Waals surface area contributed by atoms with E-state index in [0.29, 0.717) is 0 Å². The fourth-order valence-corrected chi connectivity index (χ4v) is 2.61.